The van der Waals surface area contributed by atoms with Crippen LogP contribution in [0.1, 0.15) is 51.2 Å². The maximum absolute atomic E-state index is 6.36. The van der Waals surface area contributed by atoms with Crippen molar-refractivity contribution < 1.29 is 26.3 Å². The number of hydrogen-bond acceptors (Lipinski definition) is 1. The molecule has 1 heterocycles. The van der Waals surface area contributed by atoms with Crippen LogP contribution in [0.4, 0.5) is 0 Å². The lowest BCUT2D eigenvalue weighted by Crippen LogP contribution is -3.00. The quantitative estimate of drug-likeness (QED) is 0.532. The lowest BCUT2D eigenvalue weighted by Gasteiger charge is -2.20. The number of pyridine rings is 1. The highest BCUT2D eigenvalue weighted by Gasteiger charge is 2.19. The number of unbranched alkanes of at least 4 members (excludes halogenated alkanes) is 1. The second kappa shape index (κ2) is 12.5. The first kappa shape index (κ1) is 22.1. The molecule has 0 saturated heterocycles. The first-order chi connectivity index (χ1) is 11.7. The zero-order chi connectivity index (χ0) is 17.2. The Morgan fingerprint density at radius 2 is 1.84 bits per heavy atom. The molecule has 2 aromatic rings. The van der Waals surface area contributed by atoms with Crippen molar-refractivity contribution in [2.24, 2.45) is 5.92 Å². The van der Waals surface area contributed by atoms with Crippen molar-refractivity contribution in [3.05, 3.63) is 65.4 Å². The number of ether oxygens (including phenoxy) is 1. The van der Waals surface area contributed by atoms with Gasteiger partial charge >= 0.3 is 0 Å². The van der Waals surface area contributed by atoms with Crippen LogP contribution in [0.25, 0.3) is 0 Å². The van der Waals surface area contributed by atoms with Gasteiger partial charge in [0.1, 0.15) is 6.10 Å². The lowest BCUT2D eigenvalue weighted by atomic mass is 10.0. The summed E-state index contributed by atoms with van der Waals surface area (Å²) >= 11 is 6.19. The molecule has 0 spiro atoms. The molecule has 0 aliphatic rings. The second-order valence-electron chi connectivity index (χ2n) is 6.37. The monoisotopic (exact) mass is 425 g/mol. The van der Waals surface area contributed by atoms with E-state index in [1.54, 1.807) is 0 Å². The fourth-order valence-corrected chi connectivity index (χ4v) is 3.06. The molecule has 2 nitrogen and oxygen atoms in total. The minimum atomic E-state index is 0. The third kappa shape index (κ3) is 7.89. The van der Waals surface area contributed by atoms with E-state index in [9.17, 15) is 0 Å². The Bertz CT molecular complexity index is 593. The van der Waals surface area contributed by atoms with E-state index in [4.69, 9.17) is 16.3 Å². The maximum Gasteiger partial charge on any atom is 0.178 e. The lowest BCUT2D eigenvalue weighted by molar-refractivity contribution is -0.705. The van der Waals surface area contributed by atoms with Gasteiger partial charge < -0.3 is 21.7 Å². The van der Waals surface area contributed by atoms with Crippen LogP contribution < -0.4 is 21.5 Å². The van der Waals surface area contributed by atoms with Crippen molar-refractivity contribution in [1.82, 2.24) is 0 Å². The molecule has 0 radical (unpaired) electrons. The molecule has 2 unspecified atom stereocenters. The van der Waals surface area contributed by atoms with Gasteiger partial charge in [-0.15, -0.1) is 0 Å². The van der Waals surface area contributed by atoms with E-state index in [1.165, 1.54) is 25.7 Å². The standard InChI is InChI=1S/C21H29ClNO.BrH/c1-3-5-10-18(4-2)17-24-21(16-23-13-7-6-8-14-23)19-11-9-12-20(22)15-19;/h6-9,11-15,18,21H,3-5,10,16-17H2,1-2H3;1H/q+1;/p-1. The molecule has 0 aliphatic carbocycles. The minimum absolute atomic E-state index is 0. The molecular formula is C21H29BrClNO. The van der Waals surface area contributed by atoms with Crippen molar-refractivity contribution in [2.75, 3.05) is 6.61 Å². The Morgan fingerprint density at radius 3 is 2.48 bits per heavy atom. The average molecular weight is 427 g/mol. The average Bonchev–Trinajstić information content (AvgIpc) is 2.61. The fourth-order valence-electron chi connectivity index (χ4n) is 2.86. The molecule has 1 aromatic heterocycles. The highest BCUT2D eigenvalue weighted by atomic mass is 79.9. The summed E-state index contributed by atoms with van der Waals surface area (Å²) in [5, 5.41) is 0.761. The summed E-state index contributed by atoms with van der Waals surface area (Å²) in [7, 11) is 0. The van der Waals surface area contributed by atoms with Crippen molar-refractivity contribution in [3.63, 3.8) is 0 Å². The summed E-state index contributed by atoms with van der Waals surface area (Å²) in [5.41, 5.74) is 1.14. The molecule has 2 rings (SSSR count). The van der Waals surface area contributed by atoms with Gasteiger partial charge in [0, 0.05) is 17.2 Å². The number of benzene rings is 1. The van der Waals surface area contributed by atoms with Crippen LogP contribution in [0.5, 0.6) is 0 Å². The summed E-state index contributed by atoms with van der Waals surface area (Å²) in [6, 6.07) is 14.2. The molecule has 0 fully saturated rings. The van der Waals surface area contributed by atoms with Crippen LogP contribution in [-0.2, 0) is 11.3 Å². The fraction of sp³-hybridized carbons (Fsp3) is 0.476. The van der Waals surface area contributed by atoms with Gasteiger partial charge in [0.2, 0.25) is 0 Å². The maximum atomic E-state index is 6.36. The largest absolute Gasteiger partial charge is 1.00 e. The Balaban J connectivity index is 0.00000312. The van der Waals surface area contributed by atoms with E-state index in [-0.39, 0.29) is 23.1 Å². The van der Waals surface area contributed by atoms with Gasteiger partial charge in [-0.1, -0.05) is 62.9 Å². The molecule has 0 aliphatic heterocycles. The first-order valence-corrected chi connectivity index (χ1v) is 9.41. The summed E-state index contributed by atoms with van der Waals surface area (Å²) < 4.78 is 8.52. The van der Waals surface area contributed by atoms with Crippen LogP contribution in [0, 0.1) is 5.92 Å². The van der Waals surface area contributed by atoms with Crippen molar-refractivity contribution in [3.8, 4) is 0 Å². The van der Waals surface area contributed by atoms with E-state index in [0.717, 1.165) is 23.7 Å². The predicted octanol–water partition coefficient (Wildman–Crippen LogP) is 2.61. The summed E-state index contributed by atoms with van der Waals surface area (Å²) in [5.74, 6) is 0.632. The first-order valence-electron chi connectivity index (χ1n) is 9.04. The predicted molar refractivity (Wildman–Crippen MR) is 100 cm³/mol. The van der Waals surface area contributed by atoms with Gasteiger partial charge in [0.15, 0.2) is 18.9 Å². The van der Waals surface area contributed by atoms with Crippen LogP contribution in [0.3, 0.4) is 0 Å². The van der Waals surface area contributed by atoms with Crippen LogP contribution in [-0.4, -0.2) is 6.61 Å². The van der Waals surface area contributed by atoms with E-state index >= 15 is 0 Å². The van der Waals surface area contributed by atoms with Crippen molar-refractivity contribution in [1.29, 1.82) is 0 Å². The second-order valence-corrected chi connectivity index (χ2v) is 6.80. The zero-order valence-corrected chi connectivity index (χ0v) is 17.5. The van der Waals surface area contributed by atoms with E-state index in [0.29, 0.717) is 5.92 Å². The van der Waals surface area contributed by atoms with Gasteiger partial charge in [-0.2, -0.15) is 0 Å². The van der Waals surface area contributed by atoms with Gasteiger partial charge in [-0.25, -0.2) is 4.57 Å². The van der Waals surface area contributed by atoms with Crippen molar-refractivity contribution >= 4 is 11.6 Å². The molecule has 0 saturated carbocycles. The smallest absolute Gasteiger partial charge is 0.178 e. The third-order valence-electron chi connectivity index (χ3n) is 4.45. The molecule has 4 heteroatoms. The SMILES string of the molecule is CCCCC(CC)COC(C[n+]1ccccc1)c1cccc(Cl)c1.[Br-]. The van der Waals surface area contributed by atoms with Crippen LogP contribution >= 0.6 is 11.6 Å². The molecular weight excluding hydrogens is 398 g/mol. The number of halogens is 2. The molecule has 0 bridgehead atoms. The van der Waals surface area contributed by atoms with Gasteiger partial charge in [-0.3, -0.25) is 0 Å². The molecule has 0 amide bonds. The normalized spacial score (nSPS) is 13.1. The molecule has 25 heavy (non-hydrogen) atoms. The summed E-state index contributed by atoms with van der Waals surface area (Å²) in [4.78, 5) is 0. The summed E-state index contributed by atoms with van der Waals surface area (Å²) in [6.45, 7) is 6.10. The Morgan fingerprint density at radius 1 is 1.08 bits per heavy atom. The molecule has 138 valence electrons. The highest BCUT2D eigenvalue weighted by Crippen LogP contribution is 2.23. The van der Waals surface area contributed by atoms with E-state index < -0.39 is 0 Å². The number of hydrogen-bond donors (Lipinski definition) is 0. The molecule has 1 aromatic carbocycles. The highest BCUT2D eigenvalue weighted by molar-refractivity contribution is 6.30. The van der Waals surface area contributed by atoms with Gasteiger partial charge in [0.25, 0.3) is 0 Å². The number of aromatic nitrogens is 1. The number of nitrogens with zero attached hydrogens (tertiary/aromatic N) is 1. The molecule has 0 N–H and O–H groups in total. The third-order valence-corrected chi connectivity index (χ3v) is 4.69. The van der Waals surface area contributed by atoms with Gasteiger partial charge in [-0.05, 0) is 30.0 Å². The topological polar surface area (TPSA) is 13.1 Å². The summed E-state index contributed by atoms with van der Waals surface area (Å²) in [6.07, 6.45) is 9.11. The molecule has 2 atom stereocenters. The number of rotatable bonds is 10. The zero-order valence-electron chi connectivity index (χ0n) is 15.2. The van der Waals surface area contributed by atoms with Crippen LogP contribution in [0.2, 0.25) is 5.02 Å². The Labute approximate surface area is 167 Å². The van der Waals surface area contributed by atoms with Gasteiger partial charge in [0.05, 0.1) is 6.61 Å². The van der Waals surface area contributed by atoms with E-state index in [1.807, 2.05) is 36.4 Å². The minimum Gasteiger partial charge on any atom is -1.00 e. The van der Waals surface area contributed by atoms with E-state index in [2.05, 4.69) is 36.9 Å². The Hall–Kier alpha value is -0.900. The van der Waals surface area contributed by atoms with Crippen LogP contribution in [0.15, 0.2) is 54.9 Å². The Kier molecular flexibility index (Phi) is 11.0. The van der Waals surface area contributed by atoms with Crippen molar-refractivity contribution in [2.45, 2.75) is 52.2 Å².